The lowest BCUT2D eigenvalue weighted by Crippen LogP contribution is -2.07. The number of aromatic nitrogens is 1. The molecule has 20 heavy (non-hydrogen) atoms. The third-order valence-corrected chi connectivity index (χ3v) is 3.48. The number of nitrogens with two attached hydrogens (primary N) is 1. The molecule has 0 aliphatic carbocycles. The second kappa shape index (κ2) is 5.02. The molecule has 1 unspecified atom stereocenters. The zero-order valence-corrected chi connectivity index (χ0v) is 11.2. The zero-order valence-electron chi connectivity index (χ0n) is 11.2. The Balaban J connectivity index is 2.33. The van der Waals surface area contributed by atoms with Crippen molar-refractivity contribution in [3.8, 4) is 11.1 Å². The summed E-state index contributed by atoms with van der Waals surface area (Å²) in [4.78, 5) is 4.17. The van der Waals surface area contributed by atoms with Gasteiger partial charge in [-0.2, -0.15) is 0 Å². The van der Waals surface area contributed by atoms with Crippen LogP contribution in [0.1, 0.15) is 18.5 Å². The first-order valence-electron chi connectivity index (χ1n) is 6.55. The molecular weight excluding hydrogens is 251 g/mol. The molecule has 0 saturated heterocycles. The normalized spacial score (nSPS) is 12.6. The van der Waals surface area contributed by atoms with Gasteiger partial charge in [0.2, 0.25) is 0 Å². The van der Waals surface area contributed by atoms with Gasteiger partial charge >= 0.3 is 0 Å². The molecule has 1 atom stereocenters. The van der Waals surface area contributed by atoms with E-state index in [1.807, 2.05) is 31.2 Å². The quantitative estimate of drug-likeness (QED) is 0.759. The van der Waals surface area contributed by atoms with Crippen LogP contribution in [0.4, 0.5) is 4.39 Å². The van der Waals surface area contributed by atoms with E-state index in [2.05, 4.69) is 4.98 Å². The minimum Gasteiger partial charge on any atom is -0.324 e. The number of fused-ring (bicyclic) bond motifs is 1. The third kappa shape index (κ3) is 2.17. The molecule has 2 nitrogen and oxygen atoms in total. The first-order valence-corrected chi connectivity index (χ1v) is 6.55. The van der Waals surface area contributed by atoms with Crippen LogP contribution in [0.5, 0.6) is 0 Å². The predicted octanol–water partition coefficient (Wildman–Crippen LogP) is 4.06. The van der Waals surface area contributed by atoms with Gasteiger partial charge in [-0.1, -0.05) is 24.3 Å². The number of rotatable bonds is 2. The average Bonchev–Trinajstić information content (AvgIpc) is 2.46. The summed E-state index contributed by atoms with van der Waals surface area (Å²) in [6.07, 6.45) is 3.56. The topological polar surface area (TPSA) is 38.9 Å². The maximum atomic E-state index is 13.6. The largest absolute Gasteiger partial charge is 0.324 e. The van der Waals surface area contributed by atoms with Crippen molar-refractivity contribution in [2.45, 2.75) is 13.0 Å². The molecule has 3 heteroatoms. The summed E-state index contributed by atoms with van der Waals surface area (Å²) in [5.41, 5.74) is 8.73. The summed E-state index contributed by atoms with van der Waals surface area (Å²) in [6.45, 7) is 1.90. The van der Waals surface area contributed by atoms with Gasteiger partial charge in [0, 0.05) is 23.8 Å². The summed E-state index contributed by atoms with van der Waals surface area (Å²) in [6, 6.07) is 12.5. The van der Waals surface area contributed by atoms with E-state index in [1.54, 1.807) is 24.5 Å². The molecule has 0 saturated carbocycles. The first kappa shape index (κ1) is 12.8. The Morgan fingerprint density at radius 2 is 1.95 bits per heavy atom. The smallest absolute Gasteiger partial charge is 0.123 e. The molecule has 3 rings (SSSR count). The van der Waals surface area contributed by atoms with Crippen molar-refractivity contribution in [3.05, 3.63) is 66.2 Å². The molecule has 0 fully saturated rings. The number of nitrogens with zero attached hydrogens (tertiary/aromatic N) is 1. The second-order valence-corrected chi connectivity index (χ2v) is 4.92. The van der Waals surface area contributed by atoms with Crippen molar-refractivity contribution in [1.82, 2.24) is 4.98 Å². The van der Waals surface area contributed by atoms with E-state index in [0.717, 1.165) is 27.5 Å². The zero-order chi connectivity index (χ0) is 14.1. The molecule has 3 aromatic rings. The fourth-order valence-electron chi connectivity index (χ4n) is 2.51. The molecule has 2 N–H and O–H groups in total. The van der Waals surface area contributed by atoms with Crippen molar-refractivity contribution in [3.63, 3.8) is 0 Å². The highest BCUT2D eigenvalue weighted by Crippen LogP contribution is 2.33. The van der Waals surface area contributed by atoms with E-state index >= 15 is 0 Å². The Hall–Kier alpha value is -2.26. The number of pyridine rings is 1. The minimum atomic E-state index is -0.259. The van der Waals surface area contributed by atoms with Crippen LogP contribution in [0.25, 0.3) is 21.9 Å². The van der Waals surface area contributed by atoms with Gasteiger partial charge in [-0.25, -0.2) is 4.39 Å². The van der Waals surface area contributed by atoms with E-state index in [1.165, 1.54) is 6.07 Å². The van der Waals surface area contributed by atoms with Crippen LogP contribution < -0.4 is 5.73 Å². The standard InChI is InChI=1S/C17H15FN2/c1-11(19)14-6-5-13(18)9-16(14)15-4-2-3-12-7-8-20-10-17(12)15/h2-11H,19H2,1H3. The van der Waals surface area contributed by atoms with Gasteiger partial charge in [0.05, 0.1) is 0 Å². The van der Waals surface area contributed by atoms with Gasteiger partial charge < -0.3 is 5.73 Å². The second-order valence-electron chi connectivity index (χ2n) is 4.92. The highest BCUT2D eigenvalue weighted by Gasteiger charge is 2.12. The van der Waals surface area contributed by atoms with Gasteiger partial charge in [0.1, 0.15) is 5.82 Å². The van der Waals surface area contributed by atoms with Gasteiger partial charge in [-0.15, -0.1) is 0 Å². The molecule has 100 valence electrons. The van der Waals surface area contributed by atoms with Crippen LogP contribution in [0.15, 0.2) is 54.9 Å². The average molecular weight is 266 g/mol. The highest BCUT2D eigenvalue weighted by molar-refractivity contribution is 5.96. The van der Waals surface area contributed by atoms with Gasteiger partial charge in [0.25, 0.3) is 0 Å². The Morgan fingerprint density at radius 1 is 1.10 bits per heavy atom. The summed E-state index contributed by atoms with van der Waals surface area (Å²) < 4.78 is 13.6. The van der Waals surface area contributed by atoms with E-state index in [9.17, 15) is 4.39 Å². The lowest BCUT2D eigenvalue weighted by atomic mass is 9.93. The van der Waals surface area contributed by atoms with E-state index < -0.39 is 0 Å². The summed E-state index contributed by atoms with van der Waals surface area (Å²) in [7, 11) is 0. The van der Waals surface area contributed by atoms with Crippen molar-refractivity contribution in [2.75, 3.05) is 0 Å². The van der Waals surface area contributed by atoms with Gasteiger partial charge in [-0.3, -0.25) is 4.98 Å². The maximum Gasteiger partial charge on any atom is 0.123 e. The number of benzene rings is 2. The van der Waals surface area contributed by atoms with Crippen LogP contribution in [0.3, 0.4) is 0 Å². The number of hydrogen-bond donors (Lipinski definition) is 1. The Labute approximate surface area is 117 Å². The Kier molecular flexibility index (Phi) is 3.20. The van der Waals surface area contributed by atoms with E-state index in [4.69, 9.17) is 5.73 Å². The SMILES string of the molecule is CC(N)c1ccc(F)cc1-c1cccc2ccncc12. The van der Waals surface area contributed by atoms with Crippen LogP contribution in [0, 0.1) is 5.82 Å². The maximum absolute atomic E-state index is 13.6. The minimum absolute atomic E-state index is 0.155. The summed E-state index contributed by atoms with van der Waals surface area (Å²) >= 11 is 0. The third-order valence-electron chi connectivity index (χ3n) is 3.48. The lowest BCUT2D eigenvalue weighted by Gasteiger charge is -2.14. The first-order chi connectivity index (χ1) is 9.66. The molecule has 1 heterocycles. The van der Waals surface area contributed by atoms with Crippen LogP contribution in [0.2, 0.25) is 0 Å². The molecule has 0 spiro atoms. The van der Waals surface area contributed by atoms with Gasteiger partial charge in [0.15, 0.2) is 0 Å². The molecule has 0 bridgehead atoms. The molecule has 2 aromatic carbocycles. The van der Waals surface area contributed by atoms with E-state index in [0.29, 0.717) is 0 Å². The van der Waals surface area contributed by atoms with E-state index in [-0.39, 0.29) is 11.9 Å². The molecule has 1 aromatic heterocycles. The van der Waals surface area contributed by atoms with Crippen molar-refractivity contribution < 1.29 is 4.39 Å². The Bertz CT molecular complexity index is 761. The molecule has 0 aliphatic rings. The highest BCUT2D eigenvalue weighted by atomic mass is 19.1. The number of hydrogen-bond acceptors (Lipinski definition) is 2. The molecule has 0 amide bonds. The molecule has 0 aliphatic heterocycles. The predicted molar refractivity (Wildman–Crippen MR) is 79.7 cm³/mol. The Morgan fingerprint density at radius 3 is 2.75 bits per heavy atom. The lowest BCUT2D eigenvalue weighted by molar-refractivity contribution is 0.626. The van der Waals surface area contributed by atoms with Crippen LogP contribution in [-0.2, 0) is 0 Å². The van der Waals surface area contributed by atoms with Crippen molar-refractivity contribution in [2.24, 2.45) is 5.73 Å². The van der Waals surface area contributed by atoms with Crippen molar-refractivity contribution in [1.29, 1.82) is 0 Å². The number of halogens is 1. The fourth-order valence-corrected chi connectivity index (χ4v) is 2.51. The van der Waals surface area contributed by atoms with Gasteiger partial charge in [-0.05, 0) is 47.2 Å². The van der Waals surface area contributed by atoms with Crippen LogP contribution in [-0.4, -0.2) is 4.98 Å². The molecular formula is C17H15FN2. The molecule has 0 radical (unpaired) electrons. The summed E-state index contributed by atoms with van der Waals surface area (Å²) in [5, 5.41) is 2.08. The monoisotopic (exact) mass is 266 g/mol. The summed E-state index contributed by atoms with van der Waals surface area (Å²) in [5.74, 6) is -0.259. The fraction of sp³-hybridized carbons (Fsp3) is 0.118. The van der Waals surface area contributed by atoms with Crippen LogP contribution >= 0.6 is 0 Å². The van der Waals surface area contributed by atoms with Crippen molar-refractivity contribution >= 4 is 10.8 Å².